The number of aromatic nitrogens is 3. The van der Waals surface area contributed by atoms with Crippen molar-refractivity contribution in [3.8, 4) is 0 Å². The molecule has 0 bridgehead atoms. The van der Waals surface area contributed by atoms with Gasteiger partial charge >= 0.3 is 0 Å². The Hall–Kier alpha value is -1.56. The van der Waals surface area contributed by atoms with Crippen LogP contribution in [0, 0.1) is 0 Å². The Kier molecular flexibility index (Phi) is 2.97. The zero-order chi connectivity index (χ0) is 13.6. The van der Waals surface area contributed by atoms with Crippen LogP contribution < -0.4 is 5.56 Å². The standard InChI is InChI=1S/C13H15N3O2S/c1-7(8(2)17)16-13(18)11-9-5-3-4-6-10(9)19-12(11)14-15-16/h7H,3-6H2,1-2H3. The van der Waals surface area contributed by atoms with Crippen molar-refractivity contribution >= 4 is 27.3 Å². The van der Waals surface area contributed by atoms with E-state index in [1.54, 1.807) is 18.3 Å². The third kappa shape index (κ3) is 1.90. The summed E-state index contributed by atoms with van der Waals surface area (Å²) >= 11 is 1.57. The van der Waals surface area contributed by atoms with Gasteiger partial charge in [-0.3, -0.25) is 9.59 Å². The van der Waals surface area contributed by atoms with E-state index >= 15 is 0 Å². The maximum Gasteiger partial charge on any atom is 0.279 e. The number of carbonyl (C=O) groups is 1. The minimum atomic E-state index is -0.552. The minimum absolute atomic E-state index is 0.0835. The Labute approximate surface area is 114 Å². The normalized spacial score (nSPS) is 16.3. The van der Waals surface area contributed by atoms with Gasteiger partial charge in [0.2, 0.25) is 0 Å². The molecule has 6 heteroatoms. The Bertz CT molecular complexity index is 716. The van der Waals surface area contributed by atoms with E-state index in [0.717, 1.165) is 24.8 Å². The molecular formula is C13H15N3O2S. The molecule has 0 aromatic carbocycles. The van der Waals surface area contributed by atoms with Crippen LogP contribution >= 0.6 is 11.3 Å². The zero-order valence-corrected chi connectivity index (χ0v) is 11.8. The maximum atomic E-state index is 12.5. The van der Waals surface area contributed by atoms with Crippen molar-refractivity contribution in [1.82, 2.24) is 15.0 Å². The average Bonchev–Trinajstić information content (AvgIpc) is 2.77. The summed E-state index contributed by atoms with van der Waals surface area (Å²) in [5.41, 5.74) is 0.961. The van der Waals surface area contributed by atoms with E-state index in [2.05, 4.69) is 10.3 Å². The van der Waals surface area contributed by atoms with Crippen LogP contribution in [0.25, 0.3) is 10.2 Å². The Morgan fingerprint density at radius 3 is 2.84 bits per heavy atom. The summed E-state index contributed by atoms with van der Waals surface area (Å²) in [6.45, 7) is 3.15. The monoisotopic (exact) mass is 277 g/mol. The Morgan fingerprint density at radius 2 is 2.11 bits per heavy atom. The van der Waals surface area contributed by atoms with Crippen molar-refractivity contribution in [3.05, 3.63) is 20.8 Å². The van der Waals surface area contributed by atoms with Crippen LogP contribution in [0.1, 0.15) is 43.2 Å². The van der Waals surface area contributed by atoms with Gasteiger partial charge in [-0.2, -0.15) is 0 Å². The molecule has 0 amide bonds. The molecule has 0 fully saturated rings. The number of ketones is 1. The van der Waals surface area contributed by atoms with E-state index in [0.29, 0.717) is 10.2 Å². The Balaban J connectivity index is 2.26. The lowest BCUT2D eigenvalue weighted by atomic mass is 9.97. The fourth-order valence-corrected chi connectivity index (χ4v) is 3.71. The van der Waals surface area contributed by atoms with Gasteiger partial charge in [-0.25, -0.2) is 4.68 Å². The summed E-state index contributed by atoms with van der Waals surface area (Å²) in [5, 5.41) is 8.73. The summed E-state index contributed by atoms with van der Waals surface area (Å²) < 4.78 is 1.21. The topological polar surface area (TPSA) is 64.8 Å². The molecule has 0 spiro atoms. The first-order valence-electron chi connectivity index (χ1n) is 6.50. The SMILES string of the molecule is CC(=O)C(C)n1nnc2sc3c(c2c1=O)CCCC3. The van der Waals surface area contributed by atoms with E-state index in [9.17, 15) is 9.59 Å². The molecule has 2 heterocycles. The van der Waals surface area contributed by atoms with Gasteiger partial charge in [0.15, 0.2) is 10.6 Å². The highest BCUT2D eigenvalue weighted by Crippen LogP contribution is 2.33. The van der Waals surface area contributed by atoms with E-state index in [1.165, 1.54) is 22.9 Å². The molecule has 0 saturated carbocycles. The van der Waals surface area contributed by atoms with Gasteiger partial charge in [-0.05, 0) is 45.1 Å². The van der Waals surface area contributed by atoms with Crippen LogP contribution in [-0.2, 0) is 17.6 Å². The number of nitrogens with zero attached hydrogens (tertiary/aromatic N) is 3. The maximum absolute atomic E-state index is 12.5. The lowest BCUT2D eigenvalue weighted by molar-refractivity contribution is -0.120. The van der Waals surface area contributed by atoms with Crippen LogP contribution in [0.5, 0.6) is 0 Å². The van der Waals surface area contributed by atoms with Gasteiger partial charge in [-0.15, -0.1) is 16.4 Å². The number of carbonyl (C=O) groups excluding carboxylic acids is 1. The van der Waals surface area contributed by atoms with Crippen LogP contribution in [0.2, 0.25) is 0 Å². The van der Waals surface area contributed by atoms with Crippen molar-refractivity contribution < 1.29 is 4.79 Å². The molecule has 1 aliphatic carbocycles. The number of hydrogen-bond acceptors (Lipinski definition) is 5. The number of fused-ring (bicyclic) bond motifs is 3. The molecule has 1 aliphatic rings. The molecular weight excluding hydrogens is 262 g/mol. The summed E-state index contributed by atoms with van der Waals surface area (Å²) in [4.78, 5) is 25.9. The Morgan fingerprint density at radius 1 is 1.37 bits per heavy atom. The highest BCUT2D eigenvalue weighted by Gasteiger charge is 2.22. The predicted molar refractivity (Wildman–Crippen MR) is 73.7 cm³/mol. The quantitative estimate of drug-likeness (QED) is 0.840. The molecule has 5 nitrogen and oxygen atoms in total. The van der Waals surface area contributed by atoms with E-state index in [-0.39, 0.29) is 11.3 Å². The molecule has 100 valence electrons. The second kappa shape index (κ2) is 4.52. The minimum Gasteiger partial charge on any atom is -0.298 e. The number of rotatable bonds is 2. The molecule has 0 radical (unpaired) electrons. The van der Waals surface area contributed by atoms with Crippen molar-refractivity contribution in [1.29, 1.82) is 0 Å². The molecule has 2 aromatic heterocycles. The number of thiophene rings is 1. The number of hydrogen-bond donors (Lipinski definition) is 0. The van der Waals surface area contributed by atoms with E-state index < -0.39 is 6.04 Å². The van der Waals surface area contributed by atoms with Gasteiger partial charge in [0, 0.05) is 4.88 Å². The van der Waals surface area contributed by atoms with Crippen molar-refractivity contribution in [2.24, 2.45) is 0 Å². The van der Waals surface area contributed by atoms with E-state index in [1.807, 2.05) is 0 Å². The second-order valence-electron chi connectivity index (χ2n) is 5.02. The fourth-order valence-electron chi connectivity index (χ4n) is 2.51. The smallest absolute Gasteiger partial charge is 0.279 e. The number of Topliss-reactive ketones (excluding diaryl/α,β-unsaturated/α-hetero) is 1. The van der Waals surface area contributed by atoms with Crippen LogP contribution in [0.15, 0.2) is 4.79 Å². The van der Waals surface area contributed by atoms with Gasteiger partial charge in [0.1, 0.15) is 6.04 Å². The summed E-state index contributed by atoms with van der Waals surface area (Å²) in [7, 11) is 0. The van der Waals surface area contributed by atoms with Gasteiger partial charge in [0.25, 0.3) is 5.56 Å². The third-order valence-corrected chi connectivity index (χ3v) is 4.94. The molecule has 1 unspecified atom stereocenters. The van der Waals surface area contributed by atoms with Crippen molar-refractivity contribution in [2.75, 3.05) is 0 Å². The molecule has 3 rings (SSSR count). The average molecular weight is 277 g/mol. The fraction of sp³-hybridized carbons (Fsp3) is 0.538. The first-order chi connectivity index (χ1) is 9.09. The highest BCUT2D eigenvalue weighted by atomic mass is 32.1. The first-order valence-corrected chi connectivity index (χ1v) is 7.31. The summed E-state index contributed by atoms with van der Waals surface area (Å²) in [5.74, 6) is -0.0835. The van der Waals surface area contributed by atoms with Crippen molar-refractivity contribution in [3.63, 3.8) is 0 Å². The zero-order valence-electron chi connectivity index (χ0n) is 11.0. The third-order valence-electron chi connectivity index (χ3n) is 3.76. The molecule has 0 aliphatic heterocycles. The first kappa shape index (κ1) is 12.5. The largest absolute Gasteiger partial charge is 0.298 e. The summed E-state index contributed by atoms with van der Waals surface area (Å²) in [6, 6.07) is -0.552. The van der Waals surface area contributed by atoms with Crippen molar-refractivity contribution in [2.45, 2.75) is 45.6 Å². The lowest BCUT2D eigenvalue weighted by Gasteiger charge is -2.11. The molecule has 0 saturated heterocycles. The second-order valence-corrected chi connectivity index (χ2v) is 6.10. The molecule has 19 heavy (non-hydrogen) atoms. The van der Waals surface area contributed by atoms with Gasteiger partial charge < -0.3 is 0 Å². The molecule has 1 atom stereocenters. The molecule has 2 aromatic rings. The van der Waals surface area contributed by atoms with Crippen LogP contribution in [0.4, 0.5) is 0 Å². The van der Waals surface area contributed by atoms with Gasteiger partial charge in [0.05, 0.1) is 5.39 Å². The summed E-state index contributed by atoms with van der Waals surface area (Å²) in [6.07, 6.45) is 4.25. The predicted octanol–water partition coefficient (Wildman–Crippen LogP) is 1.88. The van der Waals surface area contributed by atoms with Gasteiger partial charge in [-0.1, -0.05) is 5.21 Å². The highest BCUT2D eigenvalue weighted by molar-refractivity contribution is 7.18. The van der Waals surface area contributed by atoms with E-state index in [4.69, 9.17) is 0 Å². The van der Waals surface area contributed by atoms with Crippen LogP contribution in [0.3, 0.4) is 0 Å². The number of aryl methyl sites for hydroxylation is 2. The lowest BCUT2D eigenvalue weighted by Crippen LogP contribution is -2.30. The van der Waals surface area contributed by atoms with Crippen LogP contribution in [-0.4, -0.2) is 20.8 Å². The molecule has 0 N–H and O–H groups in total.